The molecule has 0 spiro atoms. The zero-order valence-corrected chi connectivity index (χ0v) is 12.7. The van der Waals surface area contributed by atoms with Crippen molar-refractivity contribution in [2.24, 2.45) is 0 Å². The molecule has 0 unspecified atom stereocenters. The molecule has 0 aliphatic heterocycles. The van der Waals surface area contributed by atoms with Crippen molar-refractivity contribution in [3.05, 3.63) is 54.3 Å². The van der Waals surface area contributed by atoms with Crippen LogP contribution in [-0.2, 0) is 13.1 Å². The van der Waals surface area contributed by atoms with Crippen LogP contribution in [0.2, 0.25) is 0 Å². The molecular weight excluding hydrogens is 297 g/mol. The molecule has 3 rings (SSSR count). The minimum Gasteiger partial charge on any atom is -0.490 e. The number of aromatic nitrogens is 2. The summed E-state index contributed by atoms with van der Waals surface area (Å²) in [6.45, 7) is 1.43. The summed E-state index contributed by atoms with van der Waals surface area (Å²) in [7, 11) is 0. The molecule has 3 N–H and O–H groups in total. The second-order valence-corrected chi connectivity index (χ2v) is 5.18. The van der Waals surface area contributed by atoms with Gasteiger partial charge in [-0.1, -0.05) is 12.1 Å². The highest BCUT2D eigenvalue weighted by molar-refractivity contribution is 5.73. The fraction of sp³-hybridized carbons (Fsp3) is 0.235. The quantitative estimate of drug-likeness (QED) is 0.681. The Morgan fingerprint density at radius 2 is 1.87 bits per heavy atom. The molecular formula is C17H19FN3O2+. The number of nitrogens with two attached hydrogens (primary N) is 1. The molecule has 5 nitrogen and oxygen atoms in total. The van der Waals surface area contributed by atoms with Gasteiger partial charge in [-0.25, -0.2) is 13.5 Å². The number of para-hydroxylation sites is 2. The third kappa shape index (κ3) is 3.12. The number of benzene rings is 2. The lowest BCUT2D eigenvalue weighted by molar-refractivity contribution is -0.658. The van der Waals surface area contributed by atoms with E-state index in [0.29, 0.717) is 31.4 Å². The smallest absolute Gasteiger partial charge is 0.356 e. The van der Waals surface area contributed by atoms with Gasteiger partial charge in [0.2, 0.25) is 0 Å². The lowest BCUT2D eigenvalue weighted by Crippen LogP contribution is -2.38. The molecule has 120 valence electrons. The highest BCUT2D eigenvalue weighted by atomic mass is 19.1. The molecule has 0 fully saturated rings. The van der Waals surface area contributed by atoms with E-state index in [0.717, 1.165) is 11.0 Å². The fourth-order valence-corrected chi connectivity index (χ4v) is 2.67. The van der Waals surface area contributed by atoms with Gasteiger partial charge in [0.15, 0.2) is 0 Å². The molecule has 0 amide bonds. The van der Waals surface area contributed by atoms with E-state index in [1.807, 2.05) is 33.4 Å². The number of imidazole rings is 1. The van der Waals surface area contributed by atoms with Crippen LogP contribution in [-0.4, -0.2) is 22.9 Å². The Morgan fingerprint density at radius 1 is 1.13 bits per heavy atom. The van der Waals surface area contributed by atoms with Gasteiger partial charge in [-0.15, -0.1) is 0 Å². The summed E-state index contributed by atoms with van der Waals surface area (Å²) in [5.74, 6) is 0.899. The summed E-state index contributed by atoms with van der Waals surface area (Å²) in [5, 5.41) is 9.22. The van der Waals surface area contributed by atoms with E-state index < -0.39 is 0 Å². The molecule has 1 aromatic heterocycles. The maximum Gasteiger partial charge on any atom is 0.356 e. The third-order valence-electron chi connectivity index (χ3n) is 3.74. The Kier molecular flexibility index (Phi) is 4.43. The van der Waals surface area contributed by atoms with E-state index in [1.54, 1.807) is 12.1 Å². The van der Waals surface area contributed by atoms with Crippen LogP contribution in [0.15, 0.2) is 48.5 Å². The first-order valence-corrected chi connectivity index (χ1v) is 7.46. The summed E-state index contributed by atoms with van der Waals surface area (Å²) < 4.78 is 22.3. The monoisotopic (exact) mass is 316 g/mol. The summed E-state index contributed by atoms with van der Waals surface area (Å²) >= 11 is 0. The Labute approximate surface area is 133 Å². The van der Waals surface area contributed by atoms with E-state index >= 15 is 0 Å². The highest BCUT2D eigenvalue weighted by Crippen LogP contribution is 2.16. The molecule has 0 bridgehead atoms. The number of hydrogen-bond acceptors (Lipinski definition) is 3. The molecule has 0 aliphatic carbocycles. The molecule has 6 heteroatoms. The number of nitrogen functional groups attached to an aromatic ring is 1. The van der Waals surface area contributed by atoms with Crippen LogP contribution in [0.1, 0.15) is 0 Å². The fourth-order valence-electron chi connectivity index (χ4n) is 2.67. The molecule has 3 aromatic rings. The van der Waals surface area contributed by atoms with Crippen LogP contribution in [0, 0.1) is 5.82 Å². The third-order valence-corrected chi connectivity index (χ3v) is 3.74. The number of aliphatic hydroxyl groups excluding tert-OH is 1. The van der Waals surface area contributed by atoms with Crippen LogP contribution < -0.4 is 15.0 Å². The zero-order chi connectivity index (χ0) is 16.2. The number of hydrogen-bond donors (Lipinski definition) is 2. The molecule has 0 aliphatic rings. The number of ether oxygens (including phenoxy) is 1. The van der Waals surface area contributed by atoms with Gasteiger partial charge in [-0.2, -0.15) is 0 Å². The van der Waals surface area contributed by atoms with Crippen molar-refractivity contribution in [3.8, 4) is 5.75 Å². The van der Waals surface area contributed by atoms with E-state index in [9.17, 15) is 9.50 Å². The summed E-state index contributed by atoms with van der Waals surface area (Å²) in [4.78, 5) is 0. The zero-order valence-electron chi connectivity index (χ0n) is 12.7. The summed E-state index contributed by atoms with van der Waals surface area (Å²) in [6.07, 6.45) is 0. The van der Waals surface area contributed by atoms with E-state index in [1.165, 1.54) is 12.1 Å². The number of aliphatic hydroxyl groups is 1. The second-order valence-electron chi connectivity index (χ2n) is 5.18. The van der Waals surface area contributed by atoms with E-state index in [4.69, 9.17) is 10.5 Å². The maximum atomic E-state index is 12.9. The summed E-state index contributed by atoms with van der Waals surface area (Å²) in [6, 6.07) is 13.8. The first-order valence-electron chi connectivity index (χ1n) is 7.46. The van der Waals surface area contributed by atoms with Gasteiger partial charge in [0, 0.05) is 0 Å². The predicted octanol–water partition coefficient (Wildman–Crippen LogP) is 1.72. The number of halogens is 1. The lowest BCUT2D eigenvalue weighted by atomic mass is 10.3. The molecule has 0 saturated heterocycles. The van der Waals surface area contributed by atoms with Crippen molar-refractivity contribution < 1.29 is 18.8 Å². The molecule has 0 radical (unpaired) electrons. The van der Waals surface area contributed by atoms with Crippen LogP contribution in [0.4, 0.5) is 10.3 Å². The van der Waals surface area contributed by atoms with Gasteiger partial charge < -0.3 is 9.84 Å². The summed E-state index contributed by atoms with van der Waals surface area (Å²) in [5.41, 5.74) is 8.17. The van der Waals surface area contributed by atoms with Crippen molar-refractivity contribution >= 4 is 17.0 Å². The number of fused-ring (bicyclic) bond motifs is 1. The largest absolute Gasteiger partial charge is 0.490 e. The van der Waals surface area contributed by atoms with Gasteiger partial charge in [0.1, 0.15) is 35.8 Å². The van der Waals surface area contributed by atoms with E-state index in [-0.39, 0.29) is 12.4 Å². The lowest BCUT2D eigenvalue weighted by Gasteiger charge is -2.06. The Morgan fingerprint density at radius 3 is 2.61 bits per heavy atom. The SMILES string of the molecule is Nc1n(CCOc2ccc(F)cc2)c2ccccc2[n+]1CCO. The maximum absolute atomic E-state index is 12.9. The van der Waals surface area contributed by atoms with Gasteiger partial charge in [-0.3, -0.25) is 5.73 Å². The van der Waals surface area contributed by atoms with Gasteiger partial charge in [-0.05, 0) is 36.4 Å². The van der Waals surface area contributed by atoms with Crippen LogP contribution in [0.3, 0.4) is 0 Å². The predicted molar refractivity (Wildman–Crippen MR) is 85.5 cm³/mol. The van der Waals surface area contributed by atoms with Crippen molar-refractivity contribution in [3.63, 3.8) is 0 Å². The first-order chi connectivity index (χ1) is 11.2. The van der Waals surface area contributed by atoms with Crippen molar-refractivity contribution in [2.45, 2.75) is 13.1 Å². The first kappa shape index (κ1) is 15.3. The topological polar surface area (TPSA) is 64.3 Å². The van der Waals surface area contributed by atoms with Crippen LogP contribution in [0.25, 0.3) is 11.0 Å². The van der Waals surface area contributed by atoms with Gasteiger partial charge >= 0.3 is 5.95 Å². The Balaban J connectivity index is 1.79. The number of anilines is 1. The highest BCUT2D eigenvalue weighted by Gasteiger charge is 2.19. The second kappa shape index (κ2) is 6.66. The number of rotatable bonds is 6. The minimum atomic E-state index is -0.289. The van der Waals surface area contributed by atoms with Crippen LogP contribution in [0.5, 0.6) is 5.75 Å². The molecule has 0 saturated carbocycles. The standard InChI is InChI=1S/C17H18FN3O2/c18-13-5-7-14(8-6-13)23-12-10-21-16-4-2-1-3-15(16)20(9-11-22)17(21)19/h1-8,19,22H,9-12H2/p+1. The Hall–Kier alpha value is -2.60. The molecule has 2 aromatic carbocycles. The minimum absolute atomic E-state index is 0.0228. The van der Waals surface area contributed by atoms with Crippen molar-refractivity contribution in [1.82, 2.24) is 4.57 Å². The van der Waals surface area contributed by atoms with Crippen molar-refractivity contribution in [1.29, 1.82) is 0 Å². The average Bonchev–Trinajstić information content (AvgIpc) is 2.83. The van der Waals surface area contributed by atoms with Gasteiger partial charge in [0.25, 0.3) is 0 Å². The van der Waals surface area contributed by atoms with Crippen LogP contribution >= 0.6 is 0 Å². The average molecular weight is 316 g/mol. The number of nitrogens with zero attached hydrogens (tertiary/aromatic N) is 2. The normalized spacial score (nSPS) is 11.0. The Bertz CT molecular complexity index is 799. The molecule has 23 heavy (non-hydrogen) atoms. The molecule has 1 heterocycles. The van der Waals surface area contributed by atoms with E-state index in [2.05, 4.69) is 0 Å². The molecule has 0 atom stereocenters. The van der Waals surface area contributed by atoms with Gasteiger partial charge in [0.05, 0.1) is 13.2 Å². The van der Waals surface area contributed by atoms with Crippen molar-refractivity contribution in [2.75, 3.05) is 18.9 Å².